The van der Waals surface area contributed by atoms with Crippen LogP contribution in [0.1, 0.15) is 22.8 Å². The van der Waals surface area contributed by atoms with Crippen molar-refractivity contribution in [2.24, 2.45) is 0 Å². The highest BCUT2D eigenvalue weighted by Gasteiger charge is 2.23. The molecule has 12 heteroatoms. The lowest BCUT2D eigenvalue weighted by molar-refractivity contribution is -0.115. The van der Waals surface area contributed by atoms with Crippen LogP contribution in [0, 0.1) is 23.3 Å². The van der Waals surface area contributed by atoms with Gasteiger partial charge in [-0.15, -0.1) is 11.8 Å². The number of hydrogen-bond acceptors (Lipinski definition) is 5. The second-order valence-electron chi connectivity index (χ2n) is 9.23. The summed E-state index contributed by atoms with van der Waals surface area (Å²) >= 11 is 0.999. The SMILES string of the molecule is COc1cccc(/C=C(\NC(=O)c2ccccc2)C(=O)Nc2ccc(SC(C)C(=O)Nc3c(F)c(F)cc(F)c3F)cc2)c1. The third-order valence-electron chi connectivity index (χ3n) is 6.09. The number of benzene rings is 4. The fraction of sp³-hybridized carbons (Fsp3) is 0.0938. The van der Waals surface area contributed by atoms with E-state index in [1.807, 2.05) is 5.32 Å². The first-order valence-electron chi connectivity index (χ1n) is 13.0. The van der Waals surface area contributed by atoms with E-state index >= 15 is 0 Å². The van der Waals surface area contributed by atoms with Crippen molar-refractivity contribution in [1.82, 2.24) is 5.32 Å². The zero-order valence-electron chi connectivity index (χ0n) is 23.3. The molecule has 0 heterocycles. The quantitative estimate of drug-likeness (QED) is 0.0784. The Balaban J connectivity index is 1.46. The molecule has 0 aliphatic heterocycles. The Bertz CT molecular complexity index is 1690. The molecule has 7 nitrogen and oxygen atoms in total. The van der Waals surface area contributed by atoms with E-state index in [9.17, 15) is 31.9 Å². The highest BCUT2D eigenvalue weighted by atomic mass is 32.2. The maximum atomic E-state index is 13.9. The minimum atomic E-state index is -1.71. The summed E-state index contributed by atoms with van der Waals surface area (Å²) in [5.74, 6) is -8.15. The van der Waals surface area contributed by atoms with Gasteiger partial charge in [0.05, 0.1) is 12.4 Å². The average Bonchev–Trinajstić information content (AvgIpc) is 3.03. The molecule has 0 aliphatic carbocycles. The summed E-state index contributed by atoms with van der Waals surface area (Å²) in [6, 6.07) is 21.6. The molecule has 226 valence electrons. The Hall–Kier alpha value is -5.10. The smallest absolute Gasteiger partial charge is 0.272 e. The lowest BCUT2D eigenvalue weighted by atomic mass is 10.1. The first-order chi connectivity index (χ1) is 21.0. The van der Waals surface area contributed by atoms with Crippen LogP contribution in [0.2, 0.25) is 0 Å². The highest BCUT2D eigenvalue weighted by molar-refractivity contribution is 8.00. The molecule has 1 unspecified atom stereocenters. The van der Waals surface area contributed by atoms with Crippen molar-refractivity contribution in [2.75, 3.05) is 17.7 Å². The molecular weight excluding hydrogens is 598 g/mol. The van der Waals surface area contributed by atoms with Crippen LogP contribution in [0.25, 0.3) is 6.08 Å². The van der Waals surface area contributed by atoms with Crippen LogP contribution in [0.15, 0.2) is 95.5 Å². The van der Waals surface area contributed by atoms with Gasteiger partial charge in [-0.05, 0) is 67.1 Å². The summed E-state index contributed by atoms with van der Waals surface area (Å²) in [6.07, 6.45) is 1.50. The van der Waals surface area contributed by atoms with Crippen molar-refractivity contribution in [2.45, 2.75) is 17.1 Å². The molecule has 4 aromatic carbocycles. The van der Waals surface area contributed by atoms with Crippen LogP contribution in [0.3, 0.4) is 0 Å². The van der Waals surface area contributed by atoms with Crippen molar-refractivity contribution in [1.29, 1.82) is 0 Å². The molecular formula is C32H25F4N3O4S. The van der Waals surface area contributed by atoms with Crippen molar-refractivity contribution in [3.05, 3.63) is 125 Å². The van der Waals surface area contributed by atoms with Crippen LogP contribution < -0.4 is 20.7 Å². The Kier molecular flexibility index (Phi) is 10.4. The molecule has 0 fully saturated rings. The van der Waals surface area contributed by atoms with Gasteiger partial charge in [0.1, 0.15) is 17.1 Å². The van der Waals surface area contributed by atoms with E-state index in [2.05, 4.69) is 10.6 Å². The molecule has 0 radical (unpaired) electrons. The molecule has 0 aromatic heterocycles. The van der Waals surface area contributed by atoms with Crippen LogP contribution in [-0.2, 0) is 9.59 Å². The zero-order valence-corrected chi connectivity index (χ0v) is 24.1. The normalized spacial score (nSPS) is 11.8. The van der Waals surface area contributed by atoms with Gasteiger partial charge < -0.3 is 20.7 Å². The Morgan fingerprint density at radius 2 is 1.48 bits per heavy atom. The number of carbonyl (C=O) groups is 3. The van der Waals surface area contributed by atoms with Gasteiger partial charge in [0.15, 0.2) is 23.3 Å². The van der Waals surface area contributed by atoms with Gasteiger partial charge in [0, 0.05) is 22.2 Å². The lowest BCUT2D eigenvalue weighted by Gasteiger charge is -2.14. The molecule has 1 atom stereocenters. The number of anilines is 2. The fourth-order valence-corrected chi connectivity index (χ4v) is 4.69. The van der Waals surface area contributed by atoms with Crippen molar-refractivity contribution >= 4 is 46.9 Å². The second kappa shape index (κ2) is 14.4. The number of ether oxygens (including phenoxy) is 1. The van der Waals surface area contributed by atoms with E-state index in [1.54, 1.807) is 78.9 Å². The van der Waals surface area contributed by atoms with Crippen molar-refractivity contribution < 1.29 is 36.7 Å². The lowest BCUT2D eigenvalue weighted by Crippen LogP contribution is -2.30. The Morgan fingerprint density at radius 1 is 0.818 bits per heavy atom. The largest absolute Gasteiger partial charge is 0.497 e. The van der Waals surface area contributed by atoms with Gasteiger partial charge in [0.25, 0.3) is 11.8 Å². The van der Waals surface area contributed by atoms with Gasteiger partial charge in [-0.2, -0.15) is 0 Å². The molecule has 3 amide bonds. The summed E-state index contributed by atoms with van der Waals surface area (Å²) in [4.78, 5) is 39.2. The van der Waals surface area contributed by atoms with Crippen LogP contribution in [0.5, 0.6) is 5.75 Å². The summed E-state index contributed by atoms with van der Waals surface area (Å²) in [5, 5.41) is 6.32. The molecule has 0 aliphatic rings. The number of nitrogens with one attached hydrogen (secondary N) is 3. The topological polar surface area (TPSA) is 96.5 Å². The van der Waals surface area contributed by atoms with E-state index in [0.717, 1.165) is 11.8 Å². The van der Waals surface area contributed by atoms with Crippen molar-refractivity contribution in [3.8, 4) is 5.75 Å². The molecule has 0 saturated carbocycles. The zero-order chi connectivity index (χ0) is 31.8. The summed E-state index contributed by atoms with van der Waals surface area (Å²) in [6.45, 7) is 1.44. The average molecular weight is 624 g/mol. The van der Waals surface area contributed by atoms with Crippen LogP contribution >= 0.6 is 11.8 Å². The van der Waals surface area contributed by atoms with Crippen molar-refractivity contribution in [3.63, 3.8) is 0 Å². The highest BCUT2D eigenvalue weighted by Crippen LogP contribution is 2.28. The summed E-state index contributed by atoms with van der Waals surface area (Å²) in [7, 11) is 1.51. The predicted octanol–water partition coefficient (Wildman–Crippen LogP) is 6.78. The number of halogens is 4. The Morgan fingerprint density at radius 3 is 2.11 bits per heavy atom. The predicted molar refractivity (Wildman–Crippen MR) is 160 cm³/mol. The molecule has 4 rings (SSSR count). The number of carbonyl (C=O) groups excluding carboxylic acids is 3. The third-order valence-corrected chi connectivity index (χ3v) is 7.20. The monoisotopic (exact) mass is 623 g/mol. The van der Waals surface area contributed by atoms with E-state index in [0.29, 0.717) is 27.5 Å². The number of hydrogen-bond donors (Lipinski definition) is 3. The maximum absolute atomic E-state index is 13.9. The molecule has 0 bridgehead atoms. The molecule has 3 N–H and O–H groups in total. The standard InChI is InChI=1S/C32H25F4N3O4S/c1-18(30(40)39-29-27(35)24(33)17-25(34)28(29)36)44-23-13-11-21(12-14-23)37-32(42)26(16-19-7-6-10-22(15-19)43-2)38-31(41)20-8-4-3-5-9-20/h3-18H,1-2H3,(H,37,42)(H,38,41)(H,39,40)/b26-16-. The minimum absolute atomic E-state index is 0.0379. The molecule has 44 heavy (non-hydrogen) atoms. The van der Waals surface area contributed by atoms with E-state index in [-0.39, 0.29) is 11.8 Å². The van der Waals surface area contributed by atoms with Gasteiger partial charge in [-0.3, -0.25) is 14.4 Å². The second-order valence-corrected chi connectivity index (χ2v) is 10.6. The van der Waals surface area contributed by atoms with E-state index in [1.165, 1.54) is 20.1 Å². The van der Waals surface area contributed by atoms with E-state index in [4.69, 9.17) is 4.74 Å². The number of amides is 3. The maximum Gasteiger partial charge on any atom is 0.272 e. The number of thioether (sulfide) groups is 1. The van der Waals surface area contributed by atoms with Gasteiger partial charge in [-0.25, -0.2) is 17.6 Å². The van der Waals surface area contributed by atoms with E-state index < -0.39 is 51.9 Å². The van der Waals surface area contributed by atoms with Crippen LogP contribution in [-0.4, -0.2) is 30.1 Å². The summed E-state index contributed by atoms with van der Waals surface area (Å²) in [5.41, 5.74) is 0.0626. The first kappa shape index (κ1) is 31.8. The molecule has 0 saturated heterocycles. The minimum Gasteiger partial charge on any atom is -0.497 e. The number of methoxy groups -OCH3 is 1. The summed E-state index contributed by atoms with van der Waals surface area (Å²) < 4.78 is 60.1. The van der Waals surface area contributed by atoms with Gasteiger partial charge in [0.2, 0.25) is 5.91 Å². The molecule has 0 spiro atoms. The number of rotatable bonds is 10. The third kappa shape index (κ3) is 8.04. The first-order valence-corrected chi connectivity index (χ1v) is 13.9. The molecule has 4 aromatic rings. The van der Waals surface area contributed by atoms with Gasteiger partial charge in [-0.1, -0.05) is 30.3 Å². The Labute approximate surface area is 254 Å². The fourth-order valence-electron chi connectivity index (χ4n) is 3.82. The van der Waals surface area contributed by atoms with Crippen LogP contribution in [0.4, 0.5) is 28.9 Å². The van der Waals surface area contributed by atoms with Gasteiger partial charge >= 0.3 is 0 Å².